The summed E-state index contributed by atoms with van der Waals surface area (Å²) in [5, 5.41) is 9.76. The number of H-pyrrole nitrogens is 1. The van der Waals surface area contributed by atoms with Crippen molar-refractivity contribution in [2.24, 2.45) is 18.7 Å². The second-order valence-corrected chi connectivity index (χ2v) is 9.28. The van der Waals surface area contributed by atoms with Crippen LogP contribution >= 0.6 is 23.1 Å². The molecule has 3 aromatic rings. The number of thiophene rings is 1. The molecular weight excluding hydrogens is 396 g/mol. The van der Waals surface area contributed by atoms with Gasteiger partial charge >= 0.3 is 0 Å². The Labute approximate surface area is 170 Å². The number of fused-ring (bicyclic) bond motifs is 3. The average Bonchev–Trinajstić information content (AvgIpc) is 3.17. The highest BCUT2D eigenvalue weighted by Gasteiger charge is 2.23. The van der Waals surface area contributed by atoms with Crippen LogP contribution in [0.4, 0.5) is 0 Å². The number of carbonyl (C=O) groups excluding carboxylic acids is 1. The fourth-order valence-electron chi connectivity index (χ4n) is 3.52. The van der Waals surface area contributed by atoms with Crippen LogP contribution in [0.15, 0.2) is 9.95 Å². The third-order valence-corrected chi connectivity index (χ3v) is 7.25. The lowest BCUT2D eigenvalue weighted by Gasteiger charge is -2.17. The Hall–Kier alpha value is -2.20. The lowest BCUT2D eigenvalue weighted by Crippen LogP contribution is -2.14. The predicted molar refractivity (Wildman–Crippen MR) is 110 cm³/mol. The van der Waals surface area contributed by atoms with Gasteiger partial charge in [-0.05, 0) is 30.7 Å². The molecule has 0 radical (unpaired) electrons. The second-order valence-electron chi connectivity index (χ2n) is 7.26. The topological polar surface area (TPSA) is 120 Å². The number of carbonyl (C=O) groups is 1. The number of thioether (sulfide) groups is 1. The molecule has 1 aliphatic carbocycles. The first-order valence-electron chi connectivity index (χ1n) is 9.25. The van der Waals surface area contributed by atoms with E-state index in [2.05, 4.69) is 22.1 Å². The van der Waals surface area contributed by atoms with Crippen molar-refractivity contribution in [3.8, 4) is 0 Å². The maximum atomic E-state index is 12.7. The van der Waals surface area contributed by atoms with Crippen LogP contribution in [0.1, 0.15) is 41.9 Å². The minimum atomic E-state index is -0.361. The first-order valence-corrected chi connectivity index (χ1v) is 11.1. The van der Waals surface area contributed by atoms with Gasteiger partial charge in [0.2, 0.25) is 5.91 Å². The maximum absolute atomic E-state index is 12.7. The van der Waals surface area contributed by atoms with E-state index < -0.39 is 0 Å². The summed E-state index contributed by atoms with van der Waals surface area (Å²) < 4.78 is 1.84. The third-order valence-electron chi connectivity index (χ3n) is 5.07. The van der Waals surface area contributed by atoms with E-state index in [9.17, 15) is 9.59 Å². The Kier molecular flexibility index (Phi) is 5.24. The van der Waals surface area contributed by atoms with Crippen LogP contribution in [-0.4, -0.2) is 30.6 Å². The second kappa shape index (κ2) is 7.67. The summed E-state index contributed by atoms with van der Waals surface area (Å²) in [6, 6.07) is 0. The molecule has 4 rings (SSSR count). The van der Waals surface area contributed by atoms with Gasteiger partial charge < -0.3 is 15.3 Å². The molecule has 0 aliphatic heterocycles. The zero-order valence-corrected chi connectivity index (χ0v) is 17.5. The van der Waals surface area contributed by atoms with Crippen LogP contribution in [0.25, 0.3) is 10.2 Å². The maximum Gasteiger partial charge on any atom is 0.259 e. The Balaban J connectivity index is 1.53. The normalized spacial score (nSPS) is 16.4. The van der Waals surface area contributed by atoms with E-state index in [4.69, 9.17) is 10.7 Å². The van der Waals surface area contributed by atoms with Gasteiger partial charge in [-0.15, -0.1) is 21.5 Å². The summed E-state index contributed by atoms with van der Waals surface area (Å²) in [4.78, 5) is 33.4. The number of nitrogens with two attached hydrogens (primary N) is 1. The van der Waals surface area contributed by atoms with E-state index in [1.165, 1.54) is 22.2 Å². The lowest BCUT2D eigenvalue weighted by atomic mass is 9.89. The standard InChI is InChI=1S/C18H22N6O2S2/c1-9-3-4-10-11(7-9)28-17-15(10)16(26)20-13(21-17)8-27-18-23-22-14(24(18)2)6-5-12(19)25/h9H,3-8H2,1-2H3,(H2,19,25)(H,20,21,26)/t9-/m1/s1. The van der Waals surface area contributed by atoms with E-state index in [0.29, 0.717) is 34.9 Å². The Morgan fingerprint density at radius 3 is 3.04 bits per heavy atom. The molecule has 0 saturated heterocycles. The molecule has 0 spiro atoms. The zero-order chi connectivity index (χ0) is 19.8. The number of aryl methyl sites for hydroxylation is 2. The molecule has 8 nitrogen and oxygen atoms in total. The minimum absolute atomic E-state index is 0.0484. The van der Waals surface area contributed by atoms with Crippen molar-refractivity contribution < 1.29 is 4.79 Å². The van der Waals surface area contributed by atoms with Gasteiger partial charge in [-0.1, -0.05) is 18.7 Å². The van der Waals surface area contributed by atoms with Gasteiger partial charge in [-0.3, -0.25) is 9.59 Å². The number of primary amides is 1. The van der Waals surface area contributed by atoms with Crippen molar-refractivity contribution in [2.45, 2.75) is 49.9 Å². The summed E-state index contributed by atoms with van der Waals surface area (Å²) in [5.41, 5.74) is 6.34. The molecule has 0 bridgehead atoms. The van der Waals surface area contributed by atoms with Crippen molar-refractivity contribution in [2.75, 3.05) is 0 Å². The SMILES string of the molecule is C[C@@H]1CCc2c(sc3nc(CSc4nnc(CCC(N)=O)n4C)[nH]c(=O)c23)C1. The predicted octanol–water partition coefficient (Wildman–Crippen LogP) is 1.95. The van der Waals surface area contributed by atoms with Crippen molar-refractivity contribution in [3.05, 3.63) is 32.4 Å². The van der Waals surface area contributed by atoms with Gasteiger partial charge in [0.05, 0.1) is 11.1 Å². The fraction of sp³-hybridized carbons (Fsp3) is 0.500. The first kappa shape index (κ1) is 19.1. The van der Waals surface area contributed by atoms with Gasteiger partial charge in [-0.2, -0.15) is 0 Å². The molecule has 1 amide bonds. The van der Waals surface area contributed by atoms with Gasteiger partial charge in [0, 0.05) is 24.8 Å². The number of aromatic nitrogens is 5. The molecular formula is C18H22N6O2S2. The van der Waals surface area contributed by atoms with E-state index in [1.54, 1.807) is 11.3 Å². The van der Waals surface area contributed by atoms with E-state index >= 15 is 0 Å². The highest BCUT2D eigenvalue weighted by atomic mass is 32.2. The van der Waals surface area contributed by atoms with Crippen molar-refractivity contribution in [1.82, 2.24) is 24.7 Å². The zero-order valence-electron chi connectivity index (χ0n) is 15.8. The van der Waals surface area contributed by atoms with Crippen LogP contribution in [0.2, 0.25) is 0 Å². The molecule has 0 saturated carbocycles. The van der Waals surface area contributed by atoms with E-state index in [-0.39, 0.29) is 17.9 Å². The number of rotatable bonds is 6. The average molecular weight is 419 g/mol. The van der Waals surface area contributed by atoms with Gasteiger partial charge in [0.1, 0.15) is 16.5 Å². The van der Waals surface area contributed by atoms with Crippen molar-refractivity contribution in [3.63, 3.8) is 0 Å². The molecule has 0 fully saturated rings. The monoisotopic (exact) mass is 418 g/mol. The van der Waals surface area contributed by atoms with Crippen LogP contribution in [0.3, 0.4) is 0 Å². The summed E-state index contributed by atoms with van der Waals surface area (Å²) in [6.07, 6.45) is 3.82. The number of aromatic amines is 1. The van der Waals surface area contributed by atoms with Crippen LogP contribution in [-0.2, 0) is 36.9 Å². The van der Waals surface area contributed by atoms with Crippen LogP contribution in [0.5, 0.6) is 0 Å². The number of hydrogen-bond donors (Lipinski definition) is 2. The minimum Gasteiger partial charge on any atom is -0.370 e. The van der Waals surface area contributed by atoms with E-state index in [0.717, 1.165) is 29.5 Å². The highest BCUT2D eigenvalue weighted by Crippen LogP contribution is 2.35. The first-order chi connectivity index (χ1) is 13.4. The summed E-state index contributed by atoms with van der Waals surface area (Å²) in [7, 11) is 1.85. The summed E-state index contributed by atoms with van der Waals surface area (Å²) >= 11 is 3.11. The molecule has 3 N–H and O–H groups in total. The molecule has 1 atom stereocenters. The van der Waals surface area contributed by atoms with Gasteiger partial charge in [0.15, 0.2) is 5.16 Å². The summed E-state index contributed by atoms with van der Waals surface area (Å²) in [6.45, 7) is 2.26. The molecule has 10 heteroatoms. The Bertz CT molecular complexity index is 1100. The van der Waals surface area contributed by atoms with Gasteiger partial charge in [-0.25, -0.2) is 4.98 Å². The molecule has 0 aromatic carbocycles. The van der Waals surface area contributed by atoms with Crippen LogP contribution in [0, 0.1) is 5.92 Å². The smallest absolute Gasteiger partial charge is 0.259 e. The summed E-state index contributed by atoms with van der Waals surface area (Å²) in [5.74, 6) is 2.13. The van der Waals surface area contributed by atoms with Crippen molar-refractivity contribution >= 4 is 39.2 Å². The van der Waals surface area contributed by atoms with E-state index in [1.807, 2.05) is 11.6 Å². The molecule has 1 aliphatic rings. The van der Waals surface area contributed by atoms with Crippen LogP contribution < -0.4 is 11.3 Å². The number of hydrogen-bond acceptors (Lipinski definition) is 7. The molecule has 28 heavy (non-hydrogen) atoms. The Morgan fingerprint density at radius 1 is 1.43 bits per heavy atom. The molecule has 3 aromatic heterocycles. The fourth-order valence-corrected chi connectivity index (χ4v) is 5.72. The number of amides is 1. The van der Waals surface area contributed by atoms with Crippen molar-refractivity contribution in [1.29, 1.82) is 0 Å². The lowest BCUT2D eigenvalue weighted by molar-refractivity contribution is -0.118. The number of nitrogens with one attached hydrogen (secondary N) is 1. The quantitative estimate of drug-likeness (QED) is 0.591. The largest absolute Gasteiger partial charge is 0.370 e. The Morgan fingerprint density at radius 2 is 2.25 bits per heavy atom. The highest BCUT2D eigenvalue weighted by molar-refractivity contribution is 7.98. The van der Waals surface area contributed by atoms with Gasteiger partial charge in [0.25, 0.3) is 5.56 Å². The third kappa shape index (κ3) is 3.70. The molecule has 3 heterocycles. The molecule has 0 unspecified atom stereocenters. The molecule has 148 valence electrons. The number of nitrogens with zero attached hydrogens (tertiary/aromatic N) is 4.